The Morgan fingerprint density at radius 1 is 1.11 bits per heavy atom. The van der Waals surface area contributed by atoms with Gasteiger partial charge in [-0.15, -0.1) is 0 Å². The van der Waals surface area contributed by atoms with Gasteiger partial charge in [0.2, 0.25) is 5.91 Å². The summed E-state index contributed by atoms with van der Waals surface area (Å²) < 4.78 is 0. The molecule has 0 radical (unpaired) electrons. The van der Waals surface area contributed by atoms with Crippen LogP contribution in [0.25, 0.3) is 0 Å². The van der Waals surface area contributed by atoms with E-state index in [1.807, 2.05) is 4.90 Å². The predicted octanol–water partition coefficient (Wildman–Crippen LogP) is 0.771. The Kier molecular flexibility index (Phi) is 4.35. The van der Waals surface area contributed by atoms with Gasteiger partial charge in [-0.25, -0.2) is 4.79 Å². The number of nitrogens with one attached hydrogen (secondary N) is 1. The van der Waals surface area contributed by atoms with Crippen LogP contribution in [0.2, 0.25) is 0 Å². The van der Waals surface area contributed by atoms with Crippen molar-refractivity contribution in [1.29, 1.82) is 0 Å². The second-order valence-electron chi connectivity index (χ2n) is 9.46. The molecule has 3 amide bonds. The second kappa shape index (κ2) is 6.62. The largest absolute Gasteiger partial charge is 0.389 e. The number of urea groups is 1. The first-order valence-corrected chi connectivity index (χ1v) is 10.8. The molecular weight excluding hydrogens is 344 g/mol. The second-order valence-corrected chi connectivity index (χ2v) is 9.46. The molecule has 2 saturated carbocycles. The monoisotopic (exact) mass is 376 g/mol. The molecule has 0 spiro atoms. The Bertz CT molecular complexity index is 610. The number of amides is 3. The quantitative estimate of drug-likeness (QED) is 0.760. The number of likely N-dealkylation sites (tertiary alicyclic amines) is 2. The van der Waals surface area contributed by atoms with Gasteiger partial charge in [-0.05, 0) is 51.4 Å². The highest BCUT2D eigenvalue weighted by Crippen LogP contribution is 2.35. The molecule has 7 nitrogen and oxygen atoms in total. The Balaban J connectivity index is 1.17. The molecule has 7 heteroatoms. The zero-order valence-electron chi connectivity index (χ0n) is 16.1. The molecule has 3 saturated heterocycles. The number of piperidine rings is 2. The van der Waals surface area contributed by atoms with Crippen LogP contribution in [-0.4, -0.2) is 88.2 Å². The Morgan fingerprint density at radius 3 is 2.48 bits per heavy atom. The number of fused-ring (bicyclic) bond motifs is 1. The van der Waals surface area contributed by atoms with Crippen LogP contribution in [0.3, 0.4) is 0 Å². The van der Waals surface area contributed by atoms with Crippen molar-refractivity contribution < 1.29 is 14.7 Å². The van der Waals surface area contributed by atoms with E-state index in [1.165, 1.54) is 0 Å². The number of hydrogen-bond acceptors (Lipinski definition) is 4. The van der Waals surface area contributed by atoms with E-state index < -0.39 is 5.60 Å². The lowest BCUT2D eigenvalue weighted by atomic mass is 9.79. The van der Waals surface area contributed by atoms with E-state index in [1.54, 1.807) is 0 Å². The third kappa shape index (κ3) is 3.33. The lowest BCUT2D eigenvalue weighted by Crippen LogP contribution is -2.56. The third-order valence-corrected chi connectivity index (χ3v) is 7.47. The summed E-state index contributed by atoms with van der Waals surface area (Å²) in [6.07, 6.45) is 7.94. The van der Waals surface area contributed by atoms with E-state index >= 15 is 0 Å². The molecule has 0 aromatic rings. The van der Waals surface area contributed by atoms with Crippen molar-refractivity contribution in [3.8, 4) is 0 Å². The molecule has 3 aliphatic heterocycles. The summed E-state index contributed by atoms with van der Waals surface area (Å²) in [5.74, 6) is 0.549. The summed E-state index contributed by atoms with van der Waals surface area (Å²) in [5, 5.41) is 13.6. The number of carbonyl (C=O) groups excluding carboxylic acids is 2. The number of β-amino-alcohol motifs (C(OH)–C–C–N with tert-alkyl or cyclic N) is 1. The molecule has 0 aromatic carbocycles. The molecule has 2 atom stereocenters. The maximum absolute atomic E-state index is 12.7. The third-order valence-electron chi connectivity index (χ3n) is 7.47. The predicted molar refractivity (Wildman–Crippen MR) is 100 cm³/mol. The molecule has 2 N–H and O–H groups in total. The van der Waals surface area contributed by atoms with Gasteiger partial charge >= 0.3 is 6.03 Å². The molecule has 0 aromatic heterocycles. The van der Waals surface area contributed by atoms with Gasteiger partial charge in [0, 0.05) is 44.7 Å². The van der Waals surface area contributed by atoms with E-state index in [9.17, 15) is 14.7 Å². The molecule has 5 aliphatic rings. The van der Waals surface area contributed by atoms with Crippen molar-refractivity contribution >= 4 is 11.9 Å². The minimum Gasteiger partial charge on any atom is -0.389 e. The fourth-order valence-electron chi connectivity index (χ4n) is 5.54. The minimum atomic E-state index is -0.454. The van der Waals surface area contributed by atoms with Crippen LogP contribution in [0.5, 0.6) is 0 Å². The molecule has 5 fully saturated rings. The number of rotatable bonds is 4. The van der Waals surface area contributed by atoms with E-state index in [-0.39, 0.29) is 30.1 Å². The number of nitrogens with zero attached hydrogens (tertiary/aromatic N) is 3. The molecular formula is C20H32N4O3. The van der Waals surface area contributed by atoms with E-state index in [4.69, 9.17) is 0 Å². The first-order valence-electron chi connectivity index (χ1n) is 10.8. The molecule has 0 bridgehead atoms. The van der Waals surface area contributed by atoms with E-state index in [2.05, 4.69) is 15.1 Å². The summed E-state index contributed by atoms with van der Waals surface area (Å²) in [4.78, 5) is 31.5. The number of aliphatic hydroxyl groups is 1. The highest BCUT2D eigenvalue weighted by Gasteiger charge is 2.48. The van der Waals surface area contributed by atoms with E-state index in [0.717, 1.165) is 77.5 Å². The van der Waals surface area contributed by atoms with Gasteiger partial charge < -0.3 is 25.1 Å². The summed E-state index contributed by atoms with van der Waals surface area (Å²) in [6, 6.07) is 0.663. The van der Waals surface area contributed by atoms with Crippen molar-refractivity contribution in [2.45, 2.75) is 75.1 Å². The number of hydrogen-bond donors (Lipinski definition) is 2. The van der Waals surface area contributed by atoms with Crippen LogP contribution < -0.4 is 5.32 Å². The summed E-state index contributed by atoms with van der Waals surface area (Å²) in [6.45, 7) is 4.17. The highest BCUT2D eigenvalue weighted by atomic mass is 16.3. The van der Waals surface area contributed by atoms with Gasteiger partial charge in [-0.2, -0.15) is 0 Å². The SMILES string of the molecule is O=C(C1CC1)N1CCC2C(C1)NC(=O)N2C1CCN(CC2(O)CCC2)CC1. The van der Waals surface area contributed by atoms with Gasteiger partial charge in [0.05, 0.1) is 17.7 Å². The standard InChI is InChI=1S/C20H32N4O3/c25-18(14-2-3-14)23-11-6-17-16(12-23)21-19(26)24(17)15-4-9-22(10-5-15)13-20(27)7-1-8-20/h14-17,27H,1-13H2,(H,21,26). The van der Waals surface area contributed by atoms with Crippen molar-refractivity contribution in [1.82, 2.24) is 20.0 Å². The fourth-order valence-corrected chi connectivity index (χ4v) is 5.54. The smallest absolute Gasteiger partial charge is 0.318 e. The number of carbonyl (C=O) groups is 2. The van der Waals surface area contributed by atoms with Gasteiger partial charge in [-0.1, -0.05) is 0 Å². The van der Waals surface area contributed by atoms with Crippen molar-refractivity contribution in [2.75, 3.05) is 32.7 Å². The highest BCUT2D eigenvalue weighted by molar-refractivity contribution is 5.82. The average Bonchev–Trinajstić information content (AvgIpc) is 3.43. The summed E-state index contributed by atoms with van der Waals surface area (Å²) in [5.41, 5.74) is -0.454. The summed E-state index contributed by atoms with van der Waals surface area (Å²) >= 11 is 0. The first kappa shape index (κ1) is 17.7. The fraction of sp³-hybridized carbons (Fsp3) is 0.900. The van der Waals surface area contributed by atoms with Crippen LogP contribution in [0.4, 0.5) is 4.79 Å². The molecule has 5 rings (SSSR count). The van der Waals surface area contributed by atoms with Gasteiger partial charge in [0.25, 0.3) is 0 Å². The van der Waals surface area contributed by atoms with Crippen LogP contribution in [0, 0.1) is 5.92 Å². The van der Waals surface area contributed by atoms with E-state index in [0.29, 0.717) is 12.5 Å². The average molecular weight is 377 g/mol. The molecule has 2 unspecified atom stereocenters. The normalized spacial score (nSPS) is 34.2. The van der Waals surface area contributed by atoms with Gasteiger partial charge in [0.1, 0.15) is 0 Å². The topological polar surface area (TPSA) is 76.1 Å². The maximum Gasteiger partial charge on any atom is 0.318 e. The van der Waals surface area contributed by atoms with Crippen molar-refractivity contribution in [3.05, 3.63) is 0 Å². The molecule has 2 aliphatic carbocycles. The lowest BCUT2D eigenvalue weighted by molar-refractivity contribution is -0.134. The van der Waals surface area contributed by atoms with Crippen LogP contribution in [0.15, 0.2) is 0 Å². The Hall–Kier alpha value is -1.34. The Labute approximate surface area is 161 Å². The summed E-state index contributed by atoms with van der Waals surface area (Å²) in [7, 11) is 0. The van der Waals surface area contributed by atoms with Crippen molar-refractivity contribution in [3.63, 3.8) is 0 Å². The van der Waals surface area contributed by atoms with Crippen LogP contribution in [-0.2, 0) is 4.79 Å². The van der Waals surface area contributed by atoms with Gasteiger partial charge in [0.15, 0.2) is 0 Å². The maximum atomic E-state index is 12.7. The molecule has 150 valence electrons. The minimum absolute atomic E-state index is 0.0572. The molecule has 27 heavy (non-hydrogen) atoms. The zero-order chi connectivity index (χ0) is 18.6. The lowest BCUT2D eigenvalue weighted by Gasteiger charge is -2.45. The van der Waals surface area contributed by atoms with Crippen LogP contribution >= 0.6 is 0 Å². The Morgan fingerprint density at radius 2 is 1.85 bits per heavy atom. The first-order chi connectivity index (χ1) is 13.0. The van der Waals surface area contributed by atoms with Crippen LogP contribution in [0.1, 0.15) is 51.4 Å². The molecule has 3 heterocycles. The van der Waals surface area contributed by atoms with Gasteiger partial charge in [-0.3, -0.25) is 4.79 Å². The zero-order valence-corrected chi connectivity index (χ0v) is 16.1. The van der Waals surface area contributed by atoms with Crippen molar-refractivity contribution in [2.24, 2.45) is 5.92 Å².